The molecule has 1 aromatic heterocycles. The van der Waals surface area contributed by atoms with Gasteiger partial charge in [-0.25, -0.2) is 4.98 Å². The van der Waals surface area contributed by atoms with Crippen LogP contribution in [0.5, 0.6) is 0 Å². The molecule has 2 aliphatic heterocycles. The highest BCUT2D eigenvalue weighted by Gasteiger charge is 2.36. The third-order valence-corrected chi connectivity index (χ3v) is 4.59. The molecule has 2 fully saturated rings. The topological polar surface area (TPSA) is 45.2 Å². The molecule has 0 saturated carbocycles. The summed E-state index contributed by atoms with van der Waals surface area (Å²) >= 11 is 3.30. The van der Waals surface area contributed by atoms with Crippen LogP contribution in [0.4, 0.5) is 0 Å². The van der Waals surface area contributed by atoms with Gasteiger partial charge in [0.25, 0.3) is 5.91 Å². The van der Waals surface area contributed by atoms with Crippen molar-refractivity contribution >= 4 is 21.8 Å². The van der Waals surface area contributed by atoms with Gasteiger partial charge in [-0.3, -0.25) is 9.69 Å². The fourth-order valence-corrected chi connectivity index (χ4v) is 3.58. The summed E-state index contributed by atoms with van der Waals surface area (Å²) in [6.07, 6.45) is 6.52. The Morgan fingerprint density at radius 2 is 2.26 bits per heavy atom. The Kier molecular flexibility index (Phi) is 3.84. The van der Waals surface area contributed by atoms with E-state index in [1.807, 2.05) is 0 Å². The van der Waals surface area contributed by atoms with Crippen molar-refractivity contribution < 1.29 is 4.79 Å². The summed E-state index contributed by atoms with van der Waals surface area (Å²) < 4.78 is 0.700. The summed E-state index contributed by atoms with van der Waals surface area (Å²) in [6, 6.07) is 4.37. The van der Waals surface area contributed by atoms with E-state index in [-0.39, 0.29) is 5.91 Å². The van der Waals surface area contributed by atoms with E-state index in [9.17, 15) is 4.79 Å². The van der Waals surface area contributed by atoms with Gasteiger partial charge in [0.1, 0.15) is 4.60 Å². The highest BCUT2D eigenvalue weighted by molar-refractivity contribution is 9.10. The van der Waals surface area contributed by atoms with E-state index < -0.39 is 0 Å². The van der Waals surface area contributed by atoms with Crippen molar-refractivity contribution in [3.8, 4) is 0 Å². The summed E-state index contributed by atoms with van der Waals surface area (Å²) in [6.45, 7) is 2.31. The quantitative estimate of drug-likeness (QED) is 0.849. The molecular weight excluding hydrogens is 306 g/mol. The fraction of sp³-hybridized carbons (Fsp3) is 0.571. The second kappa shape index (κ2) is 5.59. The summed E-state index contributed by atoms with van der Waals surface area (Å²) in [5.41, 5.74) is 0.677. The highest BCUT2D eigenvalue weighted by atomic mass is 79.9. The molecule has 5 heteroatoms. The average molecular weight is 324 g/mol. The van der Waals surface area contributed by atoms with E-state index in [0.29, 0.717) is 22.3 Å². The first-order valence-corrected chi connectivity index (χ1v) is 7.70. The zero-order chi connectivity index (χ0) is 13.2. The predicted molar refractivity (Wildman–Crippen MR) is 77.0 cm³/mol. The van der Waals surface area contributed by atoms with Gasteiger partial charge in [-0.05, 0) is 53.9 Å². The fourth-order valence-electron chi connectivity index (χ4n) is 3.21. The van der Waals surface area contributed by atoms with Crippen LogP contribution in [0.25, 0.3) is 0 Å². The van der Waals surface area contributed by atoms with Crippen LogP contribution in [-0.2, 0) is 0 Å². The molecule has 4 nitrogen and oxygen atoms in total. The van der Waals surface area contributed by atoms with E-state index in [4.69, 9.17) is 0 Å². The van der Waals surface area contributed by atoms with Crippen molar-refractivity contribution in [2.24, 2.45) is 0 Å². The van der Waals surface area contributed by atoms with Gasteiger partial charge >= 0.3 is 0 Å². The van der Waals surface area contributed by atoms with Gasteiger partial charge in [-0.15, -0.1) is 0 Å². The molecule has 1 amide bonds. The van der Waals surface area contributed by atoms with E-state index in [1.165, 1.54) is 25.8 Å². The second-order valence-corrected chi connectivity index (χ2v) is 6.15. The lowest BCUT2D eigenvalue weighted by Gasteiger charge is -2.32. The van der Waals surface area contributed by atoms with E-state index in [1.54, 1.807) is 18.3 Å². The van der Waals surface area contributed by atoms with Crippen LogP contribution < -0.4 is 5.32 Å². The largest absolute Gasteiger partial charge is 0.348 e. The molecule has 0 aromatic carbocycles. The molecular formula is C14H18BrN3O. The molecule has 0 spiro atoms. The van der Waals surface area contributed by atoms with Crippen molar-refractivity contribution in [2.75, 3.05) is 13.1 Å². The Morgan fingerprint density at radius 1 is 1.37 bits per heavy atom. The van der Waals surface area contributed by atoms with Gasteiger partial charge < -0.3 is 5.32 Å². The number of nitrogens with one attached hydrogen (secondary N) is 1. The maximum Gasteiger partial charge on any atom is 0.251 e. The van der Waals surface area contributed by atoms with Gasteiger partial charge in [-0.1, -0.05) is 6.42 Å². The molecule has 1 N–H and O–H groups in total. The molecule has 2 atom stereocenters. The minimum absolute atomic E-state index is 0.0144. The lowest BCUT2D eigenvalue weighted by molar-refractivity contribution is 0.0915. The molecule has 0 radical (unpaired) electrons. The number of rotatable bonds is 2. The van der Waals surface area contributed by atoms with Crippen molar-refractivity contribution in [3.05, 3.63) is 28.5 Å². The lowest BCUT2D eigenvalue weighted by atomic mass is 9.99. The monoisotopic (exact) mass is 323 g/mol. The molecule has 2 aliphatic rings. The maximum atomic E-state index is 12.2. The van der Waals surface area contributed by atoms with Crippen molar-refractivity contribution in [3.63, 3.8) is 0 Å². The van der Waals surface area contributed by atoms with E-state index >= 15 is 0 Å². The van der Waals surface area contributed by atoms with Crippen LogP contribution in [0.3, 0.4) is 0 Å². The number of hydrogen-bond donors (Lipinski definition) is 1. The van der Waals surface area contributed by atoms with Crippen molar-refractivity contribution in [1.82, 2.24) is 15.2 Å². The van der Waals surface area contributed by atoms with Crippen LogP contribution in [0.1, 0.15) is 36.0 Å². The first-order valence-electron chi connectivity index (χ1n) is 6.90. The Morgan fingerprint density at radius 3 is 3.11 bits per heavy atom. The number of carbonyl (C=O) groups excluding carboxylic acids is 1. The highest BCUT2D eigenvalue weighted by Crippen LogP contribution is 2.27. The predicted octanol–water partition coefficient (Wildman–Crippen LogP) is 2.20. The third kappa shape index (κ3) is 2.82. The molecule has 3 heterocycles. The first-order chi connectivity index (χ1) is 9.24. The number of aromatic nitrogens is 1. The van der Waals surface area contributed by atoms with Crippen LogP contribution >= 0.6 is 15.9 Å². The Hall–Kier alpha value is -0.940. The number of carbonyl (C=O) groups is 1. The molecule has 0 aliphatic carbocycles. The van der Waals surface area contributed by atoms with Crippen LogP contribution in [0.2, 0.25) is 0 Å². The molecule has 1 aromatic rings. The number of nitrogens with zero attached hydrogens (tertiary/aromatic N) is 2. The molecule has 19 heavy (non-hydrogen) atoms. The van der Waals surface area contributed by atoms with Crippen molar-refractivity contribution in [1.29, 1.82) is 0 Å². The van der Waals surface area contributed by atoms with Gasteiger partial charge in [0.05, 0.1) is 0 Å². The molecule has 0 bridgehead atoms. The summed E-state index contributed by atoms with van der Waals surface area (Å²) in [5.74, 6) is 0.0144. The lowest BCUT2D eigenvalue weighted by Crippen LogP contribution is -2.46. The first kappa shape index (κ1) is 13.1. The maximum absolute atomic E-state index is 12.2. The standard InChI is InChI=1S/C14H18BrN3O/c15-13-9-10(4-6-16-13)14(19)17-11-5-8-18-7-2-1-3-12(11)18/h4,6,9,11-12H,1-3,5,7-8H2,(H,17,19). The smallest absolute Gasteiger partial charge is 0.251 e. The number of pyridine rings is 1. The summed E-state index contributed by atoms with van der Waals surface area (Å²) in [4.78, 5) is 18.8. The second-order valence-electron chi connectivity index (χ2n) is 5.33. The minimum atomic E-state index is 0.0144. The number of halogens is 1. The summed E-state index contributed by atoms with van der Waals surface area (Å²) in [5, 5.41) is 3.19. The third-order valence-electron chi connectivity index (χ3n) is 4.16. The Bertz CT molecular complexity index is 480. The minimum Gasteiger partial charge on any atom is -0.348 e. The normalized spacial score (nSPS) is 27.0. The zero-order valence-corrected chi connectivity index (χ0v) is 12.4. The molecule has 3 rings (SSSR count). The van der Waals surface area contributed by atoms with E-state index in [0.717, 1.165) is 13.0 Å². The number of fused-ring (bicyclic) bond motifs is 1. The number of amides is 1. The van der Waals surface area contributed by atoms with Gasteiger partial charge in [-0.2, -0.15) is 0 Å². The van der Waals surface area contributed by atoms with Gasteiger partial charge in [0, 0.05) is 30.4 Å². The van der Waals surface area contributed by atoms with E-state index in [2.05, 4.69) is 31.1 Å². The van der Waals surface area contributed by atoms with Gasteiger partial charge in [0.2, 0.25) is 0 Å². The summed E-state index contributed by atoms with van der Waals surface area (Å²) in [7, 11) is 0. The Balaban J connectivity index is 1.66. The SMILES string of the molecule is O=C(NC1CCN2CCCCC12)c1ccnc(Br)c1. The van der Waals surface area contributed by atoms with Crippen LogP contribution in [-0.4, -0.2) is 41.0 Å². The van der Waals surface area contributed by atoms with Gasteiger partial charge in [0.15, 0.2) is 0 Å². The molecule has 2 saturated heterocycles. The molecule has 102 valence electrons. The Labute approximate surface area is 121 Å². The number of hydrogen-bond acceptors (Lipinski definition) is 3. The number of piperidine rings is 1. The zero-order valence-electron chi connectivity index (χ0n) is 10.8. The molecule has 2 unspecified atom stereocenters. The van der Waals surface area contributed by atoms with Crippen molar-refractivity contribution in [2.45, 2.75) is 37.8 Å². The van der Waals surface area contributed by atoms with Crippen LogP contribution in [0, 0.1) is 0 Å². The average Bonchev–Trinajstić information content (AvgIpc) is 2.82. The van der Waals surface area contributed by atoms with Crippen LogP contribution in [0.15, 0.2) is 22.9 Å².